The molecule has 0 unspecified atom stereocenters. The molecule has 2 N–H and O–H groups in total. The average molecular weight is 217 g/mol. The van der Waals surface area contributed by atoms with Gasteiger partial charge in [-0.1, -0.05) is 12.7 Å². The van der Waals surface area contributed by atoms with Gasteiger partial charge < -0.3 is 19.9 Å². The van der Waals surface area contributed by atoms with Crippen LogP contribution in [0.15, 0.2) is 12.7 Å². The van der Waals surface area contributed by atoms with Gasteiger partial charge >= 0.3 is 5.97 Å². The van der Waals surface area contributed by atoms with E-state index in [0.29, 0.717) is 33.0 Å². The summed E-state index contributed by atoms with van der Waals surface area (Å²) in [5.74, 6) is -0.280. The highest BCUT2D eigenvalue weighted by Gasteiger charge is 2.00. The molecule has 0 bridgehead atoms. The van der Waals surface area contributed by atoms with E-state index in [2.05, 4.69) is 6.58 Å². The zero-order chi connectivity index (χ0) is 11.4. The van der Waals surface area contributed by atoms with Crippen molar-refractivity contribution in [1.82, 2.24) is 0 Å². The van der Waals surface area contributed by atoms with Crippen LogP contribution in [0.4, 0.5) is 0 Å². The van der Waals surface area contributed by atoms with Crippen LogP contribution in [0, 0.1) is 0 Å². The predicted molar refractivity (Wildman–Crippen MR) is 56.5 cm³/mol. The molecular weight excluding hydrogens is 198 g/mol. The molecule has 0 spiro atoms. The molecule has 0 atom stereocenters. The summed E-state index contributed by atoms with van der Waals surface area (Å²) in [6.07, 6.45) is 1.78. The van der Waals surface area contributed by atoms with E-state index >= 15 is 0 Å². The van der Waals surface area contributed by atoms with Crippen LogP contribution in [0.25, 0.3) is 0 Å². The lowest BCUT2D eigenvalue weighted by Gasteiger charge is -2.04. The predicted octanol–water partition coefficient (Wildman–Crippen LogP) is 0.0976. The normalized spacial score (nSPS) is 9.93. The molecule has 0 rings (SSSR count). The van der Waals surface area contributed by atoms with E-state index in [9.17, 15) is 4.79 Å². The van der Waals surface area contributed by atoms with Crippen molar-refractivity contribution in [3.63, 3.8) is 0 Å². The van der Waals surface area contributed by atoms with Crippen molar-refractivity contribution < 1.29 is 19.0 Å². The van der Waals surface area contributed by atoms with E-state index in [1.54, 1.807) is 0 Å². The molecule has 0 saturated carbocycles. The van der Waals surface area contributed by atoms with Gasteiger partial charge in [-0.2, -0.15) is 0 Å². The number of carbonyl (C=O) groups is 1. The van der Waals surface area contributed by atoms with Crippen LogP contribution in [0.1, 0.15) is 6.42 Å². The fourth-order valence-corrected chi connectivity index (χ4v) is 0.785. The van der Waals surface area contributed by atoms with Crippen molar-refractivity contribution in [3.8, 4) is 0 Å². The van der Waals surface area contributed by atoms with Crippen molar-refractivity contribution in [1.29, 1.82) is 0 Å². The Morgan fingerprint density at radius 1 is 1.20 bits per heavy atom. The summed E-state index contributed by atoms with van der Waals surface area (Å²) in [7, 11) is 0. The van der Waals surface area contributed by atoms with Gasteiger partial charge in [-0.25, -0.2) is 0 Å². The second kappa shape index (κ2) is 11.2. The van der Waals surface area contributed by atoms with Crippen molar-refractivity contribution in [2.45, 2.75) is 6.42 Å². The van der Waals surface area contributed by atoms with Crippen LogP contribution >= 0.6 is 0 Å². The molecule has 88 valence electrons. The fraction of sp³-hybridized carbons (Fsp3) is 0.700. The molecule has 0 amide bonds. The number of ether oxygens (including phenoxy) is 3. The number of hydrogen-bond donors (Lipinski definition) is 1. The summed E-state index contributed by atoms with van der Waals surface area (Å²) in [5, 5.41) is 0. The van der Waals surface area contributed by atoms with Gasteiger partial charge in [0.05, 0.1) is 32.8 Å². The van der Waals surface area contributed by atoms with Crippen molar-refractivity contribution in [2.24, 2.45) is 5.73 Å². The number of nitrogens with two attached hydrogens (primary N) is 1. The minimum Gasteiger partial charge on any atom is -0.461 e. The van der Waals surface area contributed by atoms with Crippen LogP contribution in [-0.2, 0) is 19.0 Å². The zero-order valence-electron chi connectivity index (χ0n) is 8.94. The van der Waals surface area contributed by atoms with Gasteiger partial charge in [0.1, 0.15) is 6.61 Å². The first-order valence-corrected chi connectivity index (χ1v) is 4.93. The summed E-state index contributed by atoms with van der Waals surface area (Å²) in [4.78, 5) is 10.9. The fourth-order valence-electron chi connectivity index (χ4n) is 0.785. The van der Waals surface area contributed by atoms with Crippen LogP contribution in [0.2, 0.25) is 0 Å². The van der Waals surface area contributed by atoms with E-state index in [1.807, 2.05) is 0 Å². The van der Waals surface area contributed by atoms with E-state index in [1.165, 1.54) is 6.08 Å². The third-order valence-electron chi connectivity index (χ3n) is 1.45. The molecule has 15 heavy (non-hydrogen) atoms. The Kier molecular flexibility index (Phi) is 10.5. The molecule has 0 aliphatic heterocycles. The first-order valence-electron chi connectivity index (χ1n) is 4.93. The molecule has 0 aliphatic rings. The van der Waals surface area contributed by atoms with Crippen LogP contribution in [-0.4, -0.2) is 45.5 Å². The van der Waals surface area contributed by atoms with E-state index < -0.39 is 0 Å². The van der Waals surface area contributed by atoms with E-state index in [-0.39, 0.29) is 19.0 Å². The first-order chi connectivity index (χ1) is 7.31. The second-order valence-electron chi connectivity index (χ2n) is 2.74. The lowest BCUT2D eigenvalue weighted by molar-refractivity contribution is -0.143. The topological polar surface area (TPSA) is 70.8 Å². The molecule has 0 radical (unpaired) electrons. The van der Waals surface area contributed by atoms with Crippen LogP contribution in [0.3, 0.4) is 0 Å². The lowest BCUT2D eigenvalue weighted by atomic mass is 10.5. The molecular formula is C10H19NO4. The maximum Gasteiger partial charge on any atom is 0.308 e. The Bertz CT molecular complexity index is 173. The maximum absolute atomic E-state index is 10.9. The third kappa shape index (κ3) is 11.0. The number of hydrogen-bond acceptors (Lipinski definition) is 5. The summed E-state index contributed by atoms with van der Waals surface area (Å²) in [6.45, 7) is 6.04. The summed E-state index contributed by atoms with van der Waals surface area (Å²) in [6, 6.07) is 0. The lowest BCUT2D eigenvalue weighted by Crippen LogP contribution is -2.13. The monoisotopic (exact) mass is 217 g/mol. The number of esters is 1. The molecule has 0 saturated heterocycles. The summed E-state index contributed by atoms with van der Waals surface area (Å²) < 4.78 is 15.0. The quantitative estimate of drug-likeness (QED) is 0.319. The van der Waals surface area contributed by atoms with Gasteiger partial charge in [0, 0.05) is 6.54 Å². The van der Waals surface area contributed by atoms with Crippen LogP contribution in [0.5, 0.6) is 0 Å². The molecule has 5 heteroatoms. The molecule has 0 fully saturated rings. The largest absolute Gasteiger partial charge is 0.461 e. The molecule has 5 nitrogen and oxygen atoms in total. The summed E-state index contributed by atoms with van der Waals surface area (Å²) in [5.41, 5.74) is 5.22. The van der Waals surface area contributed by atoms with Crippen molar-refractivity contribution in [3.05, 3.63) is 12.7 Å². The second-order valence-corrected chi connectivity index (χ2v) is 2.74. The highest BCUT2D eigenvalue weighted by molar-refractivity contribution is 5.69. The van der Waals surface area contributed by atoms with Crippen LogP contribution < -0.4 is 5.73 Å². The van der Waals surface area contributed by atoms with Gasteiger partial charge in [0.15, 0.2) is 0 Å². The van der Waals surface area contributed by atoms with Gasteiger partial charge in [-0.3, -0.25) is 4.79 Å². The Morgan fingerprint density at radius 2 is 1.87 bits per heavy atom. The van der Waals surface area contributed by atoms with Gasteiger partial charge in [-0.15, -0.1) is 0 Å². The molecule has 0 aromatic heterocycles. The van der Waals surface area contributed by atoms with Gasteiger partial charge in [0.2, 0.25) is 0 Å². The molecule has 0 aromatic carbocycles. The highest BCUT2D eigenvalue weighted by Crippen LogP contribution is 1.88. The number of carbonyl (C=O) groups excluding carboxylic acids is 1. The molecule has 0 aliphatic carbocycles. The van der Waals surface area contributed by atoms with Gasteiger partial charge in [0.25, 0.3) is 0 Å². The first kappa shape index (κ1) is 14.1. The maximum atomic E-state index is 10.9. The molecule has 0 heterocycles. The van der Waals surface area contributed by atoms with Gasteiger partial charge in [-0.05, 0) is 0 Å². The Morgan fingerprint density at radius 3 is 2.47 bits per heavy atom. The van der Waals surface area contributed by atoms with E-state index in [0.717, 1.165) is 0 Å². The Hall–Kier alpha value is -0.910. The standard InChI is InChI=1S/C10H19NO4/c1-2-5-15-10(12)3-6-13-8-9-14-7-4-11/h2H,1,3-9,11H2. The van der Waals surface area contributed by atoms with Crippen molar-refractivity contribution in [2.75, 3.05) is 39.6 Å². The zero-order valence-corrected chi connectivity index (χ0v) is 8.94. The summed E-state index contributed by atoms with van der Waals surface area (Å²) >= 11 is 0. The number of rotatable bonds is 10. The smallest absolute Gasteiger partial charge is 0.308 e. The highest BCUT2D eigenvalue weighted by atomic mass is 16.5. The average Bonchev–Trinajstić information content (AvgIpc) is 2.25. The minimum absolute atomic E-state index is 0.248. The molecule has 0 aromatic rings. The van der Waals surface area contributed by atoms with Crippen molar-refractivity contribution >= 4 is 5.97 Å². The SMILES string of the molecule is C=CCOC(=O)CCOCCOCCN. The third-order valence-corrected chi connectivity index (χ3v) is 1.45. The minimum atomic E-state index is -0.280. The van der Waals surface area contributed by atoms with E-state index in [4.69, 9.17) is 19.9 Å². The Balaban J connectivity index is 3.09. The Labute approximate surface area is 90.2 Å².